The van der Waals surface area contributed by atoms with E-state index in [1.54, 1.807) is 55.6 Å². The molecule has 3 aliphatic rings. The molecule has 0 fully saturated rings. The zero-order valence-corrected chi connectivity index (χ0v) is 33.6. The van der Waals surface area contributed by atoms with Crippen molar-refractivity contribution in [3.05, 3.63) is 183 Å². The number of hydrogen-bond acceptors (Lipinski definition) is 8. The Bertz CT molecular complexity index is 2720. The molecule has 0 radical (unpaired) electrons. The summed E-state index contributed by atoms with van der Waals surface area (Å²) in [7, 11) is 1.63. The van der Waals surface area contributed by atoms with Crippen LogP contribution in [0.5, 0.6) is 11.5 Å². The molecule has 0 aliphatic heterocycles. The van der Waals surface area contributed by atoms with Gasteiger partial charge < -0.3 is 9.84 Å². The summed E-state index contributed by atoms with van der Waals surface area (Å²) >= 11 is 0. The summed E-state index contributed by atoms with van der Waals surface area (Å²) in [5.41, 5.74) is 8.96. The van der Waals surface area contributed by atoms with Crippen LogP contribution in [0, 0.1) is 41.3 Å². The maximum atomic E-state index is 13.0. The molecule has 3 heterocycles. The monoisotopic (exact) mass is 805 g/mol. The minimum Gasteiger partial charge on any atom is -0.508 e. The van der Waals surface area contributed by atoms with E-state index in [0.717, 1.165) is 83.6 Å². The molecule has 0 amide bonds. The normalized spacial score (nSPS) is 13.2. The first kappa shape index (κ1) is 41.5. The fourth-order valence-electron chi connectivity index (χ4n) is 6.96. The van der Waals surface area contributed by atoms with Gasteiger partial charge in [-0.05, 0) is 147 Å². The van der Waals surface area contributed by atoms with E-state index in [0.29, 0.717) is 47.5 Å². The number of fused-ring (bicyclic) bond motifs is 3. The van der Waals surface area contributed by atoms with Gasteiger partial charge >= 0.3 is 0 Å². The van der Waals surface area contributed by atoms with Crippen molar-refractivity contribution >= 4 is 17.3 Å². The number of pyridine rings is 3. The molecule has 3 aromatic heterocycles. The summed E-state index contributed by atoms with van der Waals surface area (Å²) in [5.74, 6) is 19.0. The molecule has 0 unspecified atom stereocenters. The van der Waals surface area contributed by atoms with Gasteiger partial charge in [0.05, 0.1) is 24.2 Å². The lowest BCUT2D eigenvalue weighted by atomic mass is 9.94. The number of benzene rings is 3. The number of halogens is 1. The molecule has 9 rings (SSSR count). The van der Waals surface area contributed by atoms with Gasteiger partial charge in [-0.15, -0.1) is 0 Å². The lowest BCUT2D eigenvalue weighted by Gasteiger charge is -2.12. The van der Waals surface area contributed by atoms with E-state index in [1.807, 2.05) is 48.5 Å². The highest BCUT2D eigenvalue weighted by Gasteiger charge is 2.20. The van der Waals surface area contributed by atoms with Crippen LogP contribution in [-0.4, -0.2) is 44.5 Å². The molecule has 61 heavy (non-hydrogen) atoms. The number of aromatic hydroxyl groups is 1. The van der Waals surface area contributed by atoms with Crippen molar-refractivity contribution < 1.29 is 28.6 Å². The number of Topliss-reactive ketones (excluding diaryl/α,β-unsaturated/α-hetero) is 3. The Morgan fingerprint density at radius 3 is 1.33 bits per heavy atom. The first-order chi connectivity index (χ1) is 29.7. The fourth-order valence-corrected chi connectivity index (χ4v) is 6.96. The highest BCUT2D eigenvalue weighted by atomic mass is 19.1. The third-order valence-electron chi connectivity index (χ3n) is 10.0. The Labute approximate surface area is 354 Å². The number of phenols is 1. The van der Waals surface area contributed by atoms with E-state index in [2.05, 4.69) is 50.5 Å². The lowest BCUT2D eigenvalue weighted by molar-refractivity contribution is 0.0963. The number of ether oxygens (including phenoxy) is 1. The van der Waals surface area contributed by atoms with Gasteiger partial charge in [-0.3, -0.25) is 14.4 Å². The fraction of sp³-hybridized carbons (Fsp3) is 0.192. The van der Waals surface area contributed by atoms with Crippen molar-refractivity contribution in [2.75, 3.05) is 7.11 Å². The Hall–Kier alpha value is -7.67. The Morgan fingerprint density at radius 2 is 0.902 bits per heavy atom. The van der Waals surface area contributed by atoms with Crippen LogP contribution in [0.3, 0.4) is 0 Å². The summed E-state index contributed by atoms with van der Waals surface area (Å²) in [6.45, 7) is 0. The Morgan fingerprint density at radius 1 is 0.492 bits per heavy atom. The molecular weight excluding hydrogens is 766 g/mol. The molecule has 9 heteroatoms. The second-order valence-corrected chi connectivity index (χ2v) is 14.4. The quantitative estimate of drug-likeness (QED) is 0.164. The van der Waals surface area contributed by atoms with Crippen molar-refractivity contribution in [3.63, 3.8) is 0 Å². The highest BCUT2D eigenvalue weighted by molar-refractivity contribution is 5.99. The number of rotatable bonds is 1. The molecule has 1 N–H and O–H groups in total. The number of aryl methyl sites for hydroxylation is 3. The second-order valence-electron chi connectivity index (χ2n) is 14.4. The minimum atomic E-state index is -0.305. The molecule has 3 aromatic carbocycles. The standard InChI is InChI=1S/C18H15NO2.C17H12FNO.C17H13NO2/c1-21-15-5-2-4-13(12-15)8-9-14-10-11-16-17(19-14)6-3-7-18(16)20;18-13-4-1-3-12(11-13)7-8-14-9-10-15-16(19-14)5-2-6-17(15)20;19-14-4-1-3-12(11-14)7-8-13-9-10-15-16(18-13)5-2-6-17(15)20/h2,4-5,10-12H,3,6-7H2,1H3;1,3-4,9-11H,2,5-6H2;1,3-4,9-11,19H,2,5-6H2. The molecule has 300 valence electrons. The number of carbonyl (C=O) groups is 3. The average Bonchev–Trinajstić information content (AvgIpc) is 3.28. The van der Waals surface area contributed by atoms with E-state index in [9.17, 15) is 23.9 Å². The molecule has 6 aromatic rings. The maximum absolute atomic E-state index is 13.0. The largest absolute Gasteiger partial charge is 0.508 e. The summed E-state index contributed by atoms with van der Waals surface area (Å²) < 4.78 is 18.2. The predicted octanol–water partition coefficient (Wildman–Crippen LogP) is 8.85. The maximum Gasteiger partial charge on any atom is 0.164 e. The molecule has 0 saturated carbocycles. The van der Waals surface area contributed by atoms with E-state index in [1.165, 1.54) is 12.1 Å². The second kappa shape index (κ2) is 19.9. The van der Waals surface area contributed by atoms with Gasteiger partial charge in [0.15, 0.2) is 17.3 Å². The van der Waals surface area contributed by atoms with Crippen LogP contribution in [0.15, 0.2) is 109 Å². The highest BCUT2D eigenvalue weighted by Crippen LogP contribution is 2.22. The van der Waals surface area contributed by atoms with E-state index in [4.69, 9.17) is 4.74 Å². The van der Waals surface area contributed by atoms with Gasteiger partial charge in [0.25, 0.3) is 0 Å². The van der Waals surface area contributed by atoms with Crippen LogP contribution in [0.2, 0.25) is 0 Å². The molecule has 3 aliphatic carbocycles. The summed E-state index contributed by atoms with van der Waals surface area (Å²) in [5, 5.41) is 9.38. The number of nitrogens with zero attached hydrogens (tertiary/aromatic N) is 3. The van der Waals surface area contributed by atoms with Crippen LogP contribution in [0.4, 0.5) is 4.39 Å². The number of phenolic OH excluding ortho intramolecular Hbond substituents is 1. The van der Waals surface area contributed by atoms with Gasteiger partial charge in [-0.1, -0.05) is 36.0 Å². The number of methoxy groups -OCH3 is 1. The van der Waals surface area contributed by atoms with Crippen LogP contribution in [-0.2, 0) is 19.3 Å². The Kier molecular flexibility index (Phi) is 13.5. The average molecular weight is 806 g/mol. The van der Waals surface area contributed by atoms with Gasteiger partial charge in [0.2, 0.25) is 0 Å². The molecule has 8 nitrogen and oxygen atoms in total. The number of hydrogen-bond donors (Lipinski definition) is 1. The lowest BCUT2D eigenvalue weighted by Crippen LogP contribution is -2.12. The van der Waals surface area contributed by atoms with Gasteiger partial charge in [0, 0.05) is 52.6 Å². The summed E-state index contributed by atoms with van der Waals surface area (Å²) in [6, 6.07) is 31.3. The summed E-state index contributed by atoms with van der Waals surface area (Å²) in [4.78, 5) is 48.5. The van der Waals surface area contributed by atoms with Gasteiger partial charge in [-0.25, -0.2) is 19.3 Å². The van der Waals surface area contributed by atoms with Gasteiger partial charge in [0.1, 0.15) is 34.4 Å². The van der Waals surface area contributed by atoms with E-state index < -0.39 is 0 Å². The van der Waals surface area contributed by atoms with Crippen LogP contribution in [0.1, 0.15) is 120 Å². The Balaban J connectivity index is 0.000000138. The van der Waals surface area contributed by atoms with Crippen LogP contribution < -0.4 is 4.74 Å². The number of aromatic nitrogens is 3. The number of carbonyl (C=O) groups excluding carboxylic acids is 3. The third kappa shape index (κ3) is 11.3. The van der Waals surface area contributed by atoms with Crippen LogP contribution in [0.25, 0.3) is 0 Å². The molecule has 0 spiro atoms. The number of ketones is 3. The summed E-state index contributed by atoms with van der Waals surface area (Å²) in [6.07, 6.45) is 6.94. The first-order valence-corrected chi connectivity index (χ1v) is 20.0. The molecule has 0 bridgehead atoms. The predicted molar refractivity (Wildman–Crippen MR) is 230 cm³/mol. The zero-order chi connectivity index (χ0) is 42.6. The topological polar surface area (TPSA) is 119 Å². The third-order valence-corrected chi connectivity index (χ3v) is 10.0. The van der Waals surface area contributed by atoms with Crippen molar-refractivity contribution in [3.8, 4) is 47.0 Å². The van der Waals surface area contributed by atoms with Crippen molar-refractivity contribution in [2.45, 2.75) is 57.8 Å². The first-order valence-electron chi connectivity index (χ1n) is 20.0. The van der Waals surface area contributed by atoms with Crippen molar-refractivity contribution in [1.29, 1.82) is 0 Å². The molecular formula is C52H40FN3O5. The van der Waals surface area contributed by atoms with E-state index >= 15 is 0 Å². The van der Waals surface area contributed by atoms with Gasteiger partial charge in [-0.2, -0.15) is 0 Å². The minimum absolute atomic E-state index is 0.156. The smallest absolute Gasteiger partial charge is 0.164 e. The zero-order valence-electron chi connectivity index (χ0n) is 33.6. The van der Waals surface area contributed by atoms with E-state index in [-0.39, 0.29) is 28.9 Å². The van der Waals surface area contributed by atoms with Crippen LogP contribution >= 0.6 is 0 Å². The molecule has 0 atom stereocenters. The van der Waals surface area contributed by atoms with Crippen molar-refractivity contribution in [1.82, 2.24) is 15.0 Å². The molecule has 0 saturated heterocycles. The SMILES string of the molecule is COc1cccc(C#Cc2ccc3c(n2)CCCC3=O)c1.O=C1CCCc2nc(C#Cc3cccc(F)c3)ccc21.O=C1CCCc2nc(C#Cc3cccc(O)c3)ccc21. The van der Waals surface area contributed by atoms with Crippen molar-refractivity contribution in [2.24, 2.45) is 0 Å².